The normalized spacial score (nSPS) is 20.8. The highest BCUT2D eigenvalue weighted by Crippen LogP contribution is 2.25. The van der Waals surface area contributed by atoms with Gasteiger partial charge in [0, 0.05) is 62.1 Å². The second-order valence-electron chi connectivity index (χ2n) is 7.99. The van der Waals surface area contributed by atoms with E-state index in [1.165, 1.54) is 17.7 Å². The molecule has 29 heavy (non-hydrogen) atoms. The Balaban J connectivity index is 1.27. The summed E-state index contributed by atoms with van der Waals surface area (Å²) in [7, 11) is 0. The van der Waals surface area contributed by atoms with E-state index in [2.05, 4.69) is 50.9 Å². The van der Waals surface area contributed by atoms with Gasteiger partial charge in [0.25, 0.3) is 0 Å². The summed E-state index contributed by atoms with van der Waals surface area (Å²) in [4.78, 5) is 24.4. The lowest BCUT2D eigenvalue weighted by atomic mass is 10.0. The number of nitrogens with zero attached hydrogens (tertiary/aromatic N) is 4. The van der Waals surface area contributed by atoms with Gasteiger partial charge in [-0.25, -0.2) is 4.98 Å². The minimum atomic E-state index is 0.256. The number of anilines is 1. The highest BCUT2D eigenvalue weighted by Gasteiger charge is 2.30. The van der Waals surface area contributed by atoms with Crippen LogP contribution in [0.3, 0.4) is 0 Å². The van der Waals surface area contributed by atoms with Crippen LogP contribution in [0.15, 0.2) is 34.0 Å². The number of rotatable bonds is 5. The van der Waals surface area contributed by atoms with E-state index in [0.29, 0.717) is 11.8 Å². The predicted molar refractivity (Wildman–Crippen MR) is 122 cm³/mol. The molecule has 4 rings (SSSR count). The Bertz CT molecular complexity index is 832. The third-order valence-electron chi connectivity index (χ3n) is 5.95. The molecule has 2 aromatic rings. The average Bonchev–Trinajstić information content (AvgIpc) is 3.18. The number of thioether (sulfide) groups is 1. The molecule has 0 bridgehead atoms. The van der Waals surface area contributed by atoms with Crippen LogP contribution < -0.4 is 4.90 Å². The minimum absolute atomic E-state index is 0.256. The smallest absolute Gasteiger partial charge is 0.233 e. The summed E-state index contributed by atoms with van der Waals surface area (Å²) >= 11 is 3.20. The molecule has 1 aromatic carbocycles. The van der Waals surface area contributed by atoms with Crippen LogP contribution in [0.25, 0.3) is 0 Å². The largest absolute Gasteiger partial charge is 0.369 e. The number of carbonyl (C=O) groups is 1. The number of piperidine rings is 1. The van der Waals surface area contributed by atoms with E-state index < -0.39 is 0 Å². The standard InChI is InChI=1S/C22H30N4OS2/c1-17-6-3-4-8-20(17)25-12-10-24(11-13-25)19-7-5-9-26(14-19)21(27)16-29-22-23-18(2)15-28-22/h3-4,6,8,15,19H,5,7,9-14,16H2,1-2H3. The van der Waals surface area contributed by atoms with E-state index in [1.807, 2.05) is 12.3 Å². The molecule has 0 spiro atoms. The molecule has 2 aliphatic rings. The first-order valence-electron chi connectivity index (χ1n) is 10.5. The van der Waals surface area contributed by atoms with Gasteiger partial charge in [-0.05, 0) is 38.3 Å². The molecule has 2 saturated heterocycles. The number of hydrogen-bond acceptors (Lipinski definition) is 6. The first kappa shape index (κ1) is 20.7. The first-order chi connectivity index (χ1) is 14.1. The fourth-order valence-corrected chi connectivity index (χ4v) is 6.09. The van der Waals surface area contributed by atoms with Crippen LogP contribution in [0, 0.1) is 13.8 Å². The molecule has 1 aromatic heterocycles. The molecule has 5 nitrogen and oxygen atoms in total. The highest BCUT2D eigenvalue weighted by atomic mass is 32.2. The van der Waals surface area contributed by atoms with Gasteiger partial charge in [0.2, 0.25) is 5.91 Å². The maximum Gasteiger partial charge on any atom is 0.233 e. The van der Waals surface area contributed by atoms with Crippen LogP contribution in [0.2, 0.25) is 0 Å². The third kappa shape index (κ3) is 5.13. The molecule has 0 radical (unpaired) electrons. The van der Waals surface area contributed by atoms with Crippen molar-refractivity contribution in [3.63, 3.8) is 0 Å². The fourth-order valence-electron chi connectivity index (χ4n) is 4.34. The van der Waals surface area contributed by atoms with E-state index in [1.54, 1.807) is 23.1 Å². The summed E-state index contributed by atoms with van der Waals surface area (Å²) < 4.78 is 0.997. The van der Waals surface area contributed by atoms with Crippen LogP contribution in [-0.2, 0) is 4.79 Å². The van der Waals surface area contributed by atoms with Crippen molar-refractivity contribution in [1.29, 1.82) is 0 Å². The lowest BCUT2D eigenvalue weighted by molar-refractivity contribution is -0.130. The maximum atomic E-state index is 12.7. The molecule has 3 heterocycles. The number of likely N-dealkylation sites (tertiary alicyclic amines) is 1. The Morgan fingerprint density at radius 3 is 2.69 bits per heavy atom. The van der Waals surface area contributed by atoms with Gasteiger partial charge in [-0.3, -0.25) is 9.69 Å². The summed E-state index contributed by atoms with van der Waals surface area (Å²) in [6.07, 6.45) is 2.31. The van der Waals surface area contributed by atoms with Crippen LogP contribution in [0.4, 0.5) is 5.69 Å². The number of amides is 1. The molecule has 2 aliphatic heterocycles. The van der Waals surface area contributed by atoms with Crippen LogP contribution >= 0.6 is 23.1 Å². The number of piperazine rings is 1. The predicted octanol–water partition coefficient (Wildman–Crippen LogP) is 3.67. The van der Waals surface area contributed by atoms with Gasteiger partial charge < -0.3 is 9.80 Å². The van der Waals surface area contributed by atoms with Gasteiger partial charge >= 0.3 is 0 Å². The number of benzene rings is 1. The second kappa shape index (κ2) is 9.49. The highest BCUT2D eigenvalue weighted by molar-refractivity contribution is 8.01. The van der Waals surface area contributed by atoms with E-state index in [9.17, 15) is 4.79 Å². The van der Waals surface area contributed by atoms with E-state index in [0.717, 1.165) is 55.7 Å². The Labute approximate surface area is 182 Å². The molecular formula is C22H30N4OS2. The molecule has 1 atom stereocenters. The molecule has 0 N–H and O–H groups in total. The minimum Gasteiger partial charge on any atom is -0.369 e. The van der Waals surface area contributed by atoms with E-state index in [-0.39, 0.29) is 5.91 Å². The van der Waals surface area contributed by atoms with Crippen molar-refractivity contribution in [3.05, 3.63) is 40.9 Å². The quantitative estimate of drug-likeness (QED) is 0.677. The van der Waals surface area contributed by atoms with Crippen molar-refractivity contribution in [2.45, 2.75) is 37.1 Å². The SMILES string of the molecule is Cc1csc(SCC(=O)N2CCCC(N3CCN(c4ccccc4C)CC3)C2)n1. The molecular weight excluding hydrogens is 400 g/mol. The summed E-state index contributed by atoms with van der Waals surface area (Å²) in [5, 5.41) is 2.04. The van der Waals surface area contributed by atoms with E-state index in [4.69, 9.17) is 0 Å². The lowest BCUT2D eigenvalue weighted by Gasteiger charge is -2.44. The average molecular weight is 431 g/mol. The topological polar surface area (TPSA) is 39.7 Å². The zero-order chi connectivity index (χ0) is 20.2. The van der Waals surface area contributed by atoms with Crippen molar-refractivity contribution in [3.8, 4) is 0 Å². The number of aryl methyl sites for hydroxylation is 2. The van der Waals surface area contributed by atoms with Gasteiger partial charge in [-0.15, -0.1) is 11.3 Å². The third-order valence-corrected chi connectivity index (χ3v) is 8.08. The van der Waals surface area contributed by atoms with Gasteiger partial charge in [-0.2, -0.15) is 0 Å². The first-order valence-corrected chi connectivity index (χ1v) is 12.3. The number of aromatic nitrogens is 1. The van der Waals surface area contributed by atoms with E-state index >= 15 is 0 Å². The number of carbonyl (C=O) groups excluding carboxylic acids is 1. The summed E-state index contributed by atoms with van der Waals surface area (Å²) in [5.74, 6) is 0.756. The Morgan fingerprint density at radius 1 is 1.17 bits per heavy atom. The van der Waals surface area contributed by atoms with Crippen molar-refractivity contribution in [1.82, 2.24) is 14.8 Å². The monoisotopic (exact) mass is 430 g/mol. The molecule has 7 heteroatoms. The van der Waals surface area contributed by atoms with Crippen LogP contribution in [0.5, 0.6) is 0 Å². The summed E-state index contributed by atoms with van der Waals surface area (Å²) in [5.41, 5.74) is 3.75. The van der Waals surface area contributed by atoms with Gasteiger partial charge in [-0.1, -0.05) is 30.0 Å². The molecule has 156 valence electrons. The molecule has 2 fully saturated rings. The van der Waals surface area contributed by atoms with Crippen molar-refractivity contribution in [2.24, 2.45) is 0 Å². The number of thiazole rings is 1. The van der Waals surface area contributed by atoms with Gasteiger partial charge in [0.05, 0.1) is 5.75 Å². The Kier molecular flexibility index (Phi) is 6.77. The van der Waals surface area contributed by atoms with Crippen molar-refractivity contribution < 1.29 is 4.79 Å². The molecule has 0 aliphatic carbocycles. The fraction of sp³-hybridized carbons (Fsp3) is 0.545. The maximum absolute atomic E-state index is 12.7. The molecule has 0 saturated carbocycles. The van der Waals surface area contributed by atoms with Gasteiger partial charge in [0.1, 0.15) is 0 Å². The van der Waals surface area contributed by atoms with Crippen LogP contribution in [-0.4, -0.2) is 71.8 Å². The second-order valence-corrected chi connectivity index (χ2v) is 10.1. The molecule has 1 unspecified atom stereocenters. The van der Waals surface area contributed by atoms with Crippen molar-refractivity contribution in [2.75, 3.05) is 49.9 Å². The van der Waals surface area contributed by atoms with Crippen molar-refractivity contribution >= 4 is 34.7 Å². The summed E-state index contributed by atoms with van der Waals surface area (Å²) in [6.45, 7) is 10.2. The molecule has 1 amide bonds. The lowest BCUT2D eigenvalue weighted by Crippen LogP contribution is -2.56. The zero-order valence-corrected chi connectivity index (χ0v) is 19.0. The number of para-hydroxylation sites is 1. The summed E-state index contributed by atoms with van der Waals surface area (Å²) in [6, 6.07) is 9.16. The zero-order valence-electron chi connectivity index (χ0n) is 17.3. The van der Waals surface area contributed by atoms with Crippen LogP contribution in [0.1, 0.15) is 24.1 Å². The van der Waals surface area contributed by atoms with Gasteiger partial charge in [0.15, 0.2) is 4.34 Å². The Morgan fingerprint density at radius 2 is 1.97 bits per heavy atom. The Hall–Kier alpha value is -1.57. The number of hydrogen-bond donors (Lipinski definition) is 0.